The van der Waals surface area contributed by atoms with Crippen molar-refractivity contribution in [1.29, 1.82) is 0 Å². The monoisotopic (exact) mass is 379 g/mol. The zero-order chi connectivity index (χ0) is 17.4. The molecule has 1 amide bonds. The molecule has 8 heteroatoms. The highest BCUT2D eigenvalue weighted by molar-refractivity contribution is 7.99. The minimum absolute atomic E-state index is 0.0493. The van der Waals surface area contributed by atoms with Gasteiger partial charge in [0.2, 0.25) is 5.91 Å². The van der Waals surface area contributed by atoms with Gasteiger partial charge < -0.3 is 9.80 Å². The molecule has 0 saturated carbocycles. The lowest BCUT2D eigenvalue weighted by molar-refractivity contribution is -0.136. The van der Waals surface area contributed by atoms with E-state index >= 15 is 0 Å². The molecular weight excluding hydrogens is 358 g/mol. The maximum Gasteiger partial charge on any atom is 0.285 e. The number of amidine groups is 1. The van der Waals surface area contributed by atoms with E-state index in [1.165, 1.54) is 0 Å². The molecular formula is C17H21N3O3S2. The number of hydrogen-bond donors (Lipinski definition) is 0. The van der Waals surface area contributed by atoms with Crippen LogP contribution >= 0.6 is 11.8 Å². The van der Waals surface area contributed by atoms with E-state index in [2.05, 4.69) is 4.40 Å². The van der Waals surface area contributed by atoms with E-state index in [1.54, 1.807) is 18.2 Å². The van der Waals surface area contributed by atoms with Crippen molar-refractivity contribution in [3.8, 4) is 0 Å². The molecule has 3 aliphatic heterocycles. The molecule has 0 bridgehead atoms. The fourth-order valence-electron chi connectivity index (χ4n) is 3.70. The number of carbonyl (C=O) groups is 1. The maximum absolute atomic E-state index is 12.7. The zero-order valence-corrected chi connectivity index (χ0v) is 15.6. The summed E-state index contributed by atoms with van der Waals surface area (Å²) in [7, 11) is -3.58. The molecule has 25 heavy (non-hydrogen) atoms. The first kappa shape index (κ1) is 16.9. The average Bonchev–Trinajstić information content (AvgIpc) is 2.94. The summed E-state index contributed by atoms with van der Waals surface area (Å²) in [6, 6.07) is 6.96. The van der Waals surface area contributed by atoms with Crippen LogP contribution in [0.1, 0.15) is 18.4 Å². The Morgan fingerprint density at radius 1 is 1.08 bits per heavy atom. The van der Waals surface area contributed by atoms with Crippen LogP contribution in [0.25, 0.3) is 0 Å². The van der Waals surface area contributed by atoms with Crippen LogP contribution in [0.5, 0.6) is 0 Å². The van der Waals surface area contributed by atoms with Crippen molar-refractivity contribution in [2.45, 2.75) is 17.7 Å². The van der Waals surface area contributed by atoms with Crippen molar-refractivity contribution in [3.63, 3.8) is 0 Å². The number of sulfonamides is 1. The van der Waals surface area contributed by atoms with Gasteiger partial charge in [-0.2, -0.15) is 20.2 Å². The maximum atomic E-state index is 12.7. The summed E-state index contributed by atoms with van der Waals surface area (Å²) in [4.78, 5) is 16.9. The number of amides is 1. The Labute approximate surface area is 152 Å². The van der Waals surface area contributed by atoms with E-state index in [-0.39, 0.29) is 16.7 Å². The minimum atomic E-state index is -3.58. The van der Waals surface area contributed by atoms with Gasteiger partial charge in [0.1, 0.15) is 4.90 Å². The topological polar surface area (TPSA) is 70.0 Å². The summed E-state index contributed by atoms with van der Waals surface area (Å²) in [6.45, 7) is 3.04. The summed E-state index contributed by atoms with van der Waals surface area (Å²) in [6.07, 6.45) is 1.51. The van der Waals surface area contributed by atoms with Crippen molar-refractivity contribution in [3.05, 3.63) is 29.8 Å². The third-order valence-electron chi connectivity index (χ3n) is 5.08. The SMILES string of the molecule is O=C(C1CCN(C2=NS(=O)(=O)c3ccccc32)CC1)N1CCSCC1. The number of carbonyl (C=O) groups excluding carboxylic acids is 1. The van der Waals surface area contributed by atoms with E-state index in [9.17, 15) is 13.2 Å². The Hall–Kier alpha value is -1.54. The number of likely N-dealkylation sites (tertiary alicyclic amines) is 1. The second-order valence-corrected chi connectivity index (χ2v) is 9.38. The Balaban J connectivity index is 1.45. The highest BCUT2D eigenvalue weighted by Crippen LogP contribution is 2.30. The first-order valence-corrected chi connectivity index (χ1v) is 11.2. The van der Waals surface area contributed by atoms with Crippen LogP contribution in [0.4, 0.5) is 0 Å². The van der Waals surface area contributed by atoms with E-state index in [4.69, 9.17) is 0 Å². The van der Waals surface area contributed by atoms with E-state index in [0.29, 0.717) is 24.5 Å². The van der Waals surface area contributed by atoms with Gasteiger partial charge in [0.25, 0.3) is 10.0 Å². The van der Waals surface area contributed by atoms with Crippen LogP contribution < -0.4 is 0 Å². The van der Waals surface area contributed by atoms with Gasteiger partial charge in [-0.25, -0.2) is 0 Å². The van der Waals surface area contributed by atoms with Crippen molar-refractivity contribution in [2.24, 2.45) is 10.3 Å². The summed E-state index contributed by atoms with van der Waals surface area (Å²) in [5, 5.41) is 0. The molecule has 1 aromatic rings. The van der Waals surface area contributed by atoms with Crippen LogP contribution in [0.15, 0.2) is 33.6 Å². The van der Waals surface area contributed by atoms with Crippen LogP contribution in [-0.2, 0) is 14.8 Å². The second-order valence-electron chi connectivity index (χ2n) is 6.59. The summed E-state index contributed by atoms with van der Waals surface area (Å²) in [5.74, 6) is 2.90. The number of hydrogen-bond acceptors (Lipinski definition) is 5. The Bertz CT molecular complexity index is 808. The molecule has 0 radical (unpaired) electrons. The lowest BCUT2D eigenvalue weighted by Gasteiger charge is -2.36. The molecule has 3 heterocycles. The normalized spacial score (nSPS) is 23.3. The fraction of sp³-hybridized carbons (Fsp3) is 0.529. The predicted octanol–water partition coefficient (Wildman–Crippen LogP) is 1.42. The summed E-state index contributed by atoms with van der Waals surface area (Å²) < 4.78 is 28.4. The summed E-state index contributed by atoms with van der Waals surface area (Å²) >= 11 is 1.90. The number of thioether (sulfide) groups is 1. The van der Waals surface area contributed by atoms with E-state index in [1.807, 2.05) is 27.6 Å². The number of benzene rings is 1. The molecule has 2 saturated heterocycles. The third-order valence-corrected chi connectivity index (χ3v) is 7.35. The molecule has 4 rings (SSSR count). The molecule has 0 aliphatic carbocycles. The van der Waals surface area contributed by atoms with Gasteiger partial charge in [-0.1, -0.05) is 12.1 Å². The largest absolute Gasteiger partial charge is 0.355 e. The van der Waals surface area contributed by atoms with Crippen LogP contribution in [-0.4, -0.2) is 67.6 Å². The predicted molar refractivity (Wildman–Crippen MR) is 98.4 cm³/mol. The Morgan fingerprint density at radius 2 is 1.76 bits per heavy atom. The molecule has 3 aliphatic rings. The van der Waals surface area contributed by atoms with Crippen molar-refractivity contribution in [2.75, 3.05) is 37.7 Å². The molecule has 0 spiro atoms. The fourth-order valence-corrected chi connectivity index (χ4v) is 5.83. The Morgan fingerprint density at radius 3 is 2.48 bits per heavy atom. The highest BCUT2D eigenvalue weighted by atomic mass is 32.2. The van der Waals surface area contributed by atoms with Gasteiger partial charge in [0.05, 0.1) is 0 Å². The molecule has 134 valence electrons. The Kier molecular flexibility index (Phi) is 4.49. The van der Waals surface area contributed by atoms with Crippen molar-refractivity contribution < 1.29 is 13.2 Å². The lowest BCUT2D eigenvalue weighted by Crippen LogP contribution is -2.46. The van der Waals surface area contributed by atoms with Gasteiger partial charge in [-0.05, 0) is 25.0 Å². The van der Waals surface area contributed by atoms with Gasteiger partial charge in [0.15, 0.2) is 5.84 Å². The van der Waals surface area contributed by atoms with Crippen molar-refractivity contribution >= 4 is 33.5 Å². The van der Waals surface area contributed by atoms with Crippen LogP contribution in [0, 0.1) is 5.92 Å². The third kappa shape index (κ3) is 3.17. The highest BCUT2D eigenvalue weighted by Gasteiger charge is 2.35. The minimum Gasteiger partial charge on any atom is -0.355 e. The van der Waals surface area contributed by atoms with Gasteiger partial charge in [-0.3, -0.25) is 4.79 Å². The number of piperidine rings is 1. The molecule has 0 N–H and O–H groups in total. The first-order chi connectivity index (χ1) is 12.1. The molecule has 0 aromatic heterocycles. The van der Waals surface area contributed by atoms with E-state index in [0.717, 1.165) is 37.4 Å². The molecule has 6 nitrogen and oxygen atoms in total. The van der Waals surface area contributed by atoms with Gasteiger partial charge in [0, 0.05) is 49.2 Å². The van der Waals surface area contributed by atoms with Crippen molar-refractivity contribution in [1.82, 2.24) is 9.80 Å². The summed E-state index contributed by atoms with van der Waals surface area (Å²) in [5.41, 5.74) is 0.681. The quantitative estimate of drug-likeness (QED) is 0.738. The van der Waals surface area contributed by atoms with Crippen LogP contribution in [0.3, 0.4) is 0 Å². The zero-order valence-electron chi connectivity index (χ0n) is 13.9. The number of rotatable bonds is 1. The number of nitrogens with zero attached hydrogens (tertiary/aromatic N) is 3. The van der Waals surface area contributed by atoms with E-state index < -0.39 is 10.0 Å². The standard InChI is InChI=1S/C17H21N3O3S2/c21-17(20-9-11-24-12-10-20)13-5-7-19(8-6-13)16-14-3-1-2-4-15(14)25(22,23)18-16/h1-4,13H,5-12H2. The molecule has 0 unspecified atom stereocenters. The second kappa shape index (κ2) is 6.64. The molecule has 1 aromatic carbocycles. The average molecular weight is 380 g/mol. The lowest BCUT2D eigenvalue weighted by atomic mass is 9.94. The van der Waals surface area contributed by atoms with Gasteiger partial charge in [-0.15, -0.1) is 4.40 Å². The smallest absolute Gasteiger partial charge is 0.285 e. The first-order valence-electron chi connectivity index (χ1n) is 8.62. The van der Waals surface area contributed by atoms with Gasteiger partial charge >= 0.3 is 0 Å². The molecule has 0 atom stereocenters. The molecule has 2 fully saturated rings. The number of fused-ring (bicyclic) bond motifs is 1. The van der Waals surface area contributed by atoms with Crippen LogP contribution in [0.2, 0.25) is 0 Å².